The van der Waals surface area contributed by atoms with E-state index >= 15 is 0 Å². The molecule has 3 heterocycles. The first-order valence-electron chi connectivity index (χ1n) is 7.66. The Morgan fingerprint density at radius 2 is 2.26 bits per heavy atom. The van der Waals surface area contributed by atoms with Crippen molar-refractivity contribution < 1.29 is 4.79 Å². The summed E-state index contributed by atoms with van der Waals surface area (Å²) in [6.45, 7) is 3.44. The monoisotopic (exact) mass is 312 g/mol. The molecule has 0 saturated carbocycles. The number of aromatic nitrogens is 3. The quantitative estimate of drug-likeness (QED) is 0.880. The Labute approximate surface area is 135 Å². The number of carbonyl (C=O) groups excluding carboxylic acids is 1. The maximum absolute atomic E-state index is 11.7. The number of likely N-dealkylation sites (tertiary alicyclic amines) is 1. The summed E-state index contributed by atoms with van der Waals surface area (Å²) in [4.78, 5) is 26.6. The van der Waals surface area contributed by atoms with Crippen LogP contribution in [0.5, 0.6) is 0 Å². The van der Waals surface area contributed by atoms with Crippen LogP contribution in [-0.4, -0.2) is 45.4 Å². The molecule has 0 bridgehead atoms. The SMILES string of the molecule is Cc1ccc(Nc2nccc([C@@H]3CCN(C(=O)CN)C3)n2)nc1. The van der Waals surface area contributed by atoms with Gasteiger partial charge >= 0.3 is 0 Å². The third-order valence-corrected chi connectivity index (χ3v) is 3.96. The van der Waals surface area contributed by atoms with Gasteiger partial charge in [0.2, 0.25) is 11.9 Å². The number of nitrogens with one attached hydrogen (secondary N) is 1. The number of rotatable bonds is 4. The summed E-state index contributed by atoms with van der Waals surface area (Å²) in [5.41, 5.74) is 7.45. The van der Waals surface area contributed by atoms with E-state index < -0.39 is 0 Å². The number of pyridine rings is 1. The molecule has 0 spiro atoms. The largest absolute Gasteiger partial charge is 0.341 e. The van der Waals surface area contributed by atoms with Crippen LogP contribution in [0.3, 0.4) is 0 Å². The second kappa shape index (κ2) is 6.70. The van der Waals surface area contributed by atoms with E-state index in [-0.39, 0.29) is 18.4 Å². The Bertz CT molecular complexity index is 687. The summed E-state index contributed by atoms with van der Waals surface area (Å²) in [6, 6.07) is 5.77. The number of anilines is 2. The van der Waals surface area contributed by atoms with E-state index in [1.54, 1.807) is 17.3 Å². The molecule has 2 aromatic rings. The highest BCUT2D eigenvalue weighted by Crippen LogP contribution is 2.26. The van der Waals surface area contributed by atoms with Crippen LogP contribution in [0.25, 0.3) is 0 Å². The Morgan fingerprint density at radius 3 is 3.00 bits per heavy atom. The Morgan fingerprint density at radius 1 is 1.39 bits per heavy atom. The summed E-state index contributed by atoms with van der Waals surface area (Å²) in [5, 5.41) is 3.11. The van der Waals surface area contributed by atoms with E-state index in [1.807, 2.05) is 25.1 Å². The van der Waals surface area contributed by atoms with Gasteiger partial charge in [0.1, 0.15) is 5.82 Å². The molecule has 2 aromatic heterocycles. The van der Waals surface area contributed by atoms with Gasteiger partial charge < -0.3 is 16.0 Å². The molecule has 7 nitrogen and oxygen atoms in total. The van der Waals surface area contributed by atoms with Gasteiger partial charge in [-0.25, -0.2) is 15.0 Å². The molecule has 0 unspecified atom stereocenters. The molecule has 0 aliphatic carbocycles. The van der Waals surface area contributed by atoms with Gasteiger partial charge in [-0.1, -0.05) is 6.07 Å². The van der Waals surface area contributed by atoms with Crippen molar-refractivity contribution in [1.82, 2.24) is 19.9 Å². The molecule has 1 atom stereocenters. The number of carbonyl (C=O) groups is 1. The summed E-state index contributed by atoms with van der Waals surface area (Å²) in [7, 11) is 0. The standard InChI is InChI=1S/C16H20N6O/c1-11-2-3-14(19-9-11)21-16-18-6-4-13(20-16)12-5-7-22(10-12)15(23)8-17/h2-4,6,9,12H,5,7-8,10,17H2,1H3,(H,18,19,20,21)/t12-/m1/s1. The second-order valence-electron chi connectivity index (χ2n) is 5.68. The molecular weight excluding hydrogens is 292 g/mol. The summed E-state index contributed by atoms with van der Waals surface area (Å²) >= 11 is 0. The fourth-order valence-electron chi connectivity index (χ4n) is 2.67. The van der Waals surface area contributed by atoms with E-state index in [1.165, 1.54) is 0 Å². The first-order chi connectivity index (χ1) is 11.2. The van der Waals surface area contributed by atoms with Crippen molar-refractivity contribution in [3.63, 3.8) is 0 Å². The zero-order chi connectivity index (χ0) is 16.2. The number of nitrogens with two attached hydrogens (primary N) is 1. The molecular formula is C16H20N6O. The van der Waals surface area contributed by atoms with E-state index in [2.05, 4.69) is 20.3 Å². The van der Waals surface area contributed by atoms with Gasteiger partial charge in [-0.3, -0.25) is 4.79 Å². The lowest BCUT2D eigenvalue weighted by molar-refractivity contribution is -0.128. The minimum absolute atomic E-state index is 0.0104. The minimum atomic E-state index is -0.0104. The number of hydrogen-bond donors (Lipinski definition) is 2. The fraction of sp³-hybridized carbons (Fsp3) is 0.375. The maximum Gasteiger partial charge on any atom is 0.236 e. The molecule has 1 aliphatic heterocycles. The Balaban J connectivity index is 1.70. The highest BCUT2D eigenvalue weighted by molar-refractivity contribution is 5.78. The van der Waals surface area contributed by atoms with Gasteiger partial charge in [0.15, 0.2) is 0 Å². The number of amides is 1. The van der Waals surface area contributed by atoms with Gasteiger partial charge in [0.05, 0.1) is 12.2 Å². The average Bonchev–Trinajstić information content (AvgIpc) is 3.07. The van der Waals surface area contributed by atoms with E-state index in [9.17, 15) is 4.79 Å². The molecule has 1 amide bonds. The summed E-state index contributed by atoms with van der Waals surface area (Å²) in [6.07, 6.45) is 4.41. The molecule has 1 fully saturated rings. The van der Waals surface area contributed by atoms with Crippen molar-refractivity contribution in [3.05, 3.63) is 41.9 Å². The van der Waals surface area contributed by atoms with Crippen LogP contribution in [0, 0.1) is 6.92 Å². The molecule has 7 heteroatoms. The highest BCUT2D eigenvalue weighted by atomic mass is 16.2. The van der Waals surface area contributed by atoms with Crippen molar-refractivity contribution in [3.8, 4) is 0 Å². The minimum Gasteiger partial charge on any atom is -0.341 e. The fourth-order valence-corrected chi connectivity index (χ4v) is 2.67. The molecule has 1 saturated heterocycles. The van der Waals surface area contributed by atoms with Crippen LogP contribution in [-0.2, 0) is 4.79 Å². The average molecular weight is 312 g/mol. The van der Waals surface area contributed by atoms with Crippen LogP contribution < -0.4 is 11.1 Å². The van der Waals surface area contributed by atoms with Crippen molar-refractivity contribution in [2.45, 2.75) is 19.3 Å². The Kier molecular flexibility index (Phi) is 4.47. The van der Waals surface area contributed by atoms with Crippen molar-refractivity contribution in [2.24, 2.45) is 5.73 Å². The molecule has 3 rings (SSSR count). The van der Waals surface area contributed by atoms with Crippen LogP contribution in [0.2, 0.25) is 0 Å². The topological polar surface area (TPSA) is 97.0 Å². The molecule has 23 heavy (non-hydrogen) atoms. The summed E-state index contributed by atoms with van der Waals surface area (Å²) in [5.74, 6) is 1.44. The van der Waals surface area contributed by atoms with E-state index in [0.29, 0.717) is 18.3 Å². The third-order valence-electron chi connectivity index (χ3n) is 3.96. The lowest BCUT2D eigenvalue weighted by atomic mass is 10.1. The van der Waals surface area contributed by atoms with Crippen molar-refractivity contribution in [1.29, 1.82) is 0 Å². The van der Waals surface area contributed by atoms with Crippen molar-refractivity contribution >= 4 is 17.7 Å². The van der Waals surface area contributed by atoms with E-state index in [4.69, 9.17) is 5.73 Å². The third kappa shape index (κ3) is 3.62. The smallest absolute Gasteiger partial charge is 0.236 e. The van der Waals surface area contributed by atoms with Crippen LogP contribution in [0.4, 0.5) is 11.8 Å². The number of nitrogens with zero attached hydrogens (tertiary/aromatic N) is 4. The van der Waals surface area contributed by atoms with Crippen LogP contribution in [0.1, 0.15) is 23.6 Å². The molecule has 3 N–H and O–H groups in total. The molecule has 0 aromatic carbocycles. The van der Waals surface area contributed by atoms with Crippen LogP contribution >= 0.6 is 0 Å². The second-order valence-corrected chi connectivity index (χ2v) is 5.68. The number of aryl methyl sites for hydroxylation is 1. The van der Waals surface area contributed by atoms with E-state index in [0.717, 1.165) is 24.2 Å². The lowest BCUT2D eigenvalue weighted by Crippen LogP contribution is -2.33. The predicted octanol–water partition coefficient (Wildman–Crippen LogP) is 1.20. The first-order valence-corrected chi connectivity index (χ1v) is 7.66. The number of hydrogen-bond acceptors (Lipinski definition) is 6. The van der Waals surface area contributed by atoms with Crippen LogP contribution in [0.15, 0.2) is 30.6 Å². The summed E-state index contributed by atoms with van der Waals surface area (Å²) < 4.78 is 0. The zero-order valence-corrected chi connectivity index (χ0v) is 13.1. The van der Waals surface area contributed by atoms with Gasteiger partial charge in [0.25, 0.3) is 0 Å². The van der Waals surface area contributed by atoms with Gasteiger partial charge in [-0.2, -0.15) is 0 Å². The highest BCUT2D eigenvalue weighted by Gasteiger charge is 2.27. The first kappa shape index (κ1) is 15.4. The van der Waals surface area contributed by atoms with Gasteiger partial charge in [-0.15, -0.1) is 0 Å². The molecule has 120 valence electrons. The zero-order valence-electron chi connectivity index (χ0n) is 13.1. The normalized spacial score (nSPS) is 17.3. The Hall–Kier alpha value is -2.54. The maximum atomic E-state index is 11.7. The predicted molar refractivity (Wildman–Crippen MR) is 87.3 cm³/mol. The molecule has 0 radical (unpaired) electrons. The van der Waals surface area contributed by atoms with Gasteiger partial charge in [-0.05, 0) is 31.0 Å². The lowest BCUT2D eigenvalue weighted by Gasteiger charge is -2.15. The molecule has 1 aliphatic rings. The van der Waals surface area contributed by atoms with Crippen molar-refractivity contribution in [2.75, 3.05) is 25.0 Å². The van der Waals surface area contributed by atoms with Gasteiger partial charge in [0, 0.05) is 31.4 Å².